The first-order valence-electron chi connectivity index (χ1n) is 6.92. The molecule has 3 aromatic rings. The minimum absolute atomic E-state index is 0.0669. The fraction of sp³-hybridized carbons (Fsp3) is 0.188. The molecule has 0 amide bonds. The smallest absolute Gasteiger partial charge is 0.373 e. The number of nitrogens with zero attached hydrogens (tertiary/aromatic N) is 1. The first kappa shape index (κ1) is 16.4. The summed E-state index contributed by atoms with van der Waals surface area (Å²) in [6.07, 6.45) is 0. The summed E-state index contributed by atoms with van der Waals surface area (Å²) in [5.74, 6) is -0.616. The third-order valence-electron chi connectivity index (χ3n) is 3.14. The molecular formula is C16H13NO5S2. The Morgan fingerprint density at radius 2 is 2.08 bits per heavy atom. The molecule has 0 aromatic carbocycles. The van der Waals surface area contributed by atoms with E-state index in [0.717, 1.165) is 10.6 Å². The SMILES string of the molecule is COC(=O)c1ccc(COC(=O)c2sc(-c3ccsc3)nc2C)o1. The standard InChI is InChI=1S/C16H13NO5S2/c1-9-13(24-14(17-9)10-5-6-23-8-10)16(19)21-7-11-3-4-12(22-11)15(18)20-2/h3-6,8H,7H2,1-2H3. The van der Waals surface area contributed by atoms with E-state index in [1.54, 1.807) is 24.3 Å². The van der Waals surface area contributed by atoms with Crippen LogP contribution in [0.3, 0.4) is 0 Å². The van der Waals surface area contributed by atoms with E-state index in [9.17, 15) is 9.59 Å². The van der Waals surface area contributed by atoms with Crippen LogP contribution in [0.4, 0.5) is 0 Å². The zero-order valence-electron chi connectivity index (χ0n) is 12.9. The van der Waals surface area contributed by atoms with Gasteiger partial charge in [-0.3, -0.25) is 0 Å². The number of ether oxygens (including phenoxy) is 2. The highest BCUT2D eigenvalue weighted by Crippen LogP contribution is 2.30. The number of thiazole rings is 1. The second-order valence-electron chi connectivity index (χ2n) is 4.78. The minimum atomic E-state index is -0.578. The van der Waals surface area contributed by atoms with Gasteiger partial charge in [-0.15, -0.1) is 11.3 Å². The van der Waals surface area contributed by atoms with Crippen molar-refractivity contribution in [2.24, 2.45) is 0 Å². The van der Waals surface area contributed by atoms with Gasteiger partial charge in [-0.25, -0.2) is 14.6 Å². The molecule has 0 saturated carbocycles. The molecule has 0 aliphatic carbocycles. The number of furan rings is 1. The highest BCUT2D eigenvalue weighted by atomic mass is 32.1. The van der Waals surface area contributed by atoms with Crippen LogP contribution in [0.5, 0.6) is 0 Å². The molecule has 3 aromatic heterocycles. The lowest BCUT2D eigenvalue weighted by Gasteiger charge is -2.01. The third kappa shape index (κ3) is 3.39. The molecule has 0 radical (unpaired) electrons. The molecule has 0 saturated heterocycles. The average Bonchev–Trinajstić information content (AvgIpc) is 3.31. The fourth-order valence-corrected chi connectivity index (χ4v) is 3.63. The molecule has 0 aliphatic heterocycles. The van der Waals surface area contributed by atoms with Crippen molar-refractivity contribution in [3.8, 4) is 10.6 Å². The van der Waals surface area contributed by atoms with Crippen LogP contribution in [-0.2, 0) is 16.1 Å². The zero-order valence-corrected chi connectivity index (χ0v) is 14.5. The average molecular weight is 363 g/mol. The molecule has 0 aliphatic rings. The summed E-state index contributed by atoms with van der Waals surface area (Å²) in [5, 5.41) is 4.72. The maximum Gasteiger partial charge on any atom is 0.373 e. The number of esters is 2. The lowest BCUT2D eigenvalue weighted by molar-refractivity contribution is 0.0443. The molecular weight excluding hydrogens is 350 g/mol. The number of carbonyl (C=O) groups excluding carboxylic acids is 2. The van der Waals surface area contributed by atoms with Crippen molar-refractivity contribution in [1.82, 2.24) is 4.98 Å². The van der Waals surface area contributed by atoms with Gasteiger partial charge in [0.05, 0.1) is 12.8 Å². The van der Waals surface area contributed by atoms with Crippen molar-refractivity contribution >= 4 is 34.6 Å². The van der Waals surface area contributed by atoms with E-state index in [4.69, 9.17) is 9.15 Å². The van der Waals surface area contributed by atoms with Gasteiger partial charge in [-0.05, 0) is 30.5 Å². The van der Waals surface area contributed by atoms with Gasteiger partial charge in [0, 0.05) is 10.9 Å². The van der Waals surface area contributed by atoms with Gasteiger partial charge in [0.2, 0.25) is 5.76 Å². The summed E-state index contributed by atoms with van der Waals surface area (Å²) >= 11 is 2.86. The summed E-state index contributed by atoms with van der Waals surface area (Å²) < 4.78 is 15.0. The van der Waals surface area contributed by atoms with Crippen LogP contribution in [0.25, 0.3) is 10.6 Å². The number of hydrogen-bond donors (Lipinski definition) is 0. The van der Waals surface area contributed by atoms with Crippen LogP contribution in [-0.4, -0.2) is 24.0 Å². The number of aromatic nitrogens is 1. The summed E-state index contributed by atoms with van der Waals surface area (Å²) in [6, 6.07) is 4.99. The number of thiophene rings is 1. The highest BCUT2D eigenvalue weighted by molar-refractivity contribution is 7.17. The lowest BCUT2D eigenvalue weighted by atomic mass is 10.3. The van der Waals surface area contributed by atoms with E-state index in [1.165, 1.54) is 24.5 Å². The van der Waals surface area contributed by atoms with Crippen LogP contribution >= 0.6 is 22.7 Å². The number of methoxy groups -OCH3 is 1. The topological polar surface area (TPSA) is 78.6 Å². The molecule has 0 N–H and O–H groups in total. The summed E-state index contributed by atoms with van der Waals surface area (Å²) in [4.78, 5) is 28.4. The van der Waals surface area contributed by atoms with Gasteiger partial charge in [0.15, 0.2) is 0 Å². The lowest BCUT2D eigenvalue weighted by Crippen LogP contribution is -2.04. The Morgan fingerprint density at radius 3 is 2.79 bits per heavy atom. The van der Waals surface area contributed by atoms with Crippen LogP contribution in [0.15, 0.2) is 33.4 Å². The number of aryl methyl sites for hydroxylation is 1. The van der Waals surface area contributed by atoms with Crippen LogP contribution < -0.4 is 0 Å². The monoisotopic (exact) mass is 363 g/mol. The zero-order chi connectivity index (χ0) is 17.1. The molecule has 0 spiro atoms. The Bertz CT molecular complexity index is 863. The molecule has 3 rings (SSSR count). The first-order valence-corrected chi connectivity index (χ1v) is 8.68. The molecule has 124 valence electrons. The largest absolute Gasteiger partial charge is 0.463 e. The van der Waals surface area contributed by atoms with Crippen molar-refractivity contribution in [2.45, 2.75) is 13.5 Å². The quantitative estimate of drug-likeness (QED) is 0.639. The Morgan fingerprint density at radius 1 is 1.25 bits per heavy atom. The molecule has 6 nitrogen and oxygen atoms in total. The molecule has 24 heavy (non-hydrogen) atoms. The Kier molecular flexibility index (Phi) is 4.77. The second-order valence-corrected chi connectivity index (χ2v) is 6.56. The van der Waals surface area contributed by atoms with Crippen LogP contribution in [0, 0.1) is 6.92 Å². The van der Waals surface area contributed by atoms with Crippen LogP contribution in [0.2, 0.25) is 0 Å². The third-order valence-corrected chi connectivity index (χ3v) is 5.01. The number of carbonyl (C=O) groups is 2. The maximum absolute atomic E-state index is 12.2. The van der Waals surface area contributed by atoms with Gasteiger partial charge in [-0.1, -0.05) is 0 Å². The van der Waals surface area contributed by atoms with Crippen molar-refractivity contribution < 1.29 is 23.5 Å². The van der Waals surface area contributed by atoms with E-state index < -0.39 is 11.9 Å². The Labute approximate surface area is 145 Å². The highest BCUT2D eigenvalue weighted by Gasteiger charge is 2.19. The van der Waals surface area contributed by atoms with E-state index in [-0.39, 0.29) is 12.4 Å². The second kappa shape index (κ2) is 6.98. The molecule has 0 bridgehead atoms. The van der Waals surface area contributed by atoms with E-state index in [0.29, 0.717) is 16.3 Å². The van der Waals surface area contributed by atoms with Gasteiger partial charge in [0.1, 0.15) is 22.3 Å². The molecule has 0 unspecified atom stereocenters. The van der Waals surface area contributed by atoms with E-state index in [1.807, 2.05) is 16.8 Å². The first-order chi connectivity index (χ1) is 11.6. The van der Waals surface area contributed by atoms with Gasteiger partial charge >= 0.3 is 11.9 Å². The van der Waals surface area contributed by atoms with Crippen LogP contribution in [0.1, 0.15) is 31.7 Å². The normalized spacial score (nSPS) is 10.6. The molecule has 3 heterocycles. The van der Waals surface area contributed by atoms with Crippen molar-refractivity contribution in [1.29, 1.82) is 0 Å². The van der Waals surface area contributed by atoms with Gasteiger partial charge in [-0.2, -0.15) is 11.3 Å². The molecule has 8 heteroatoms. The predicted molar refractivity (Wildman–Crippen MR) is 89.3 cm³/mol. The number of hydrogen-bond acceptors (Lipinski definition) is 8. The maximum atomic E-state index is 12.2. The number of rotatable bonds is 5. The molecule has 0 fully saturated rings. The van der Waals surface area contributed by atoms with Gasteiger partial charge < -0.3 is 13.9 Å². The van der Waals surface area contributed by atoms with Crippen molar-refractivity contribution in [3.05, 3.63) is 51.1 Å². The fourth-order valence-electron chi connectivity index (χ4n) is 1.96. The predicted octanol–water partition coefficient (Wildman–Crippen LogP) is 3.92. The van der Waals surface area contributed by atoms with Gasteiger partial charge in [0.25, 0.3) is 0 Å². The summed E-state index contributed by atoms with van der Waals surface area (Å²) in [7, 11) is 1.27. The Hall–Kier alpha value is -2.45. The van der Waals surface area contributed by atoms with E-state index in [2.05, 4.69) is 9.72 Å². The van der Waals surface area contributed by atoms with Crippen molar-refractivity contribution in [3.63, 3.8) is 0 Å². The van der Waals surface area contributed by atoms with E-state index >= 15 is 0 Å². The molecule has 0 atom stereocenters. The summed E-state index contributed by atoms with van der Waals surface area (Å²) in [6.45, 7) is 1.70. The Balaban J connectivity index is 1.67. The minimum Gasteiger partial charge on any atom is -0.463 e. The summed E-state index contributed by atoms with van der Waals surface area (Å²) in [5.41, 5.74) is 1.61. The van der Waals surface area contributed by atoms with Crippen molar-refractivity contribution in [2.75, 3.05) is 7.11 Å².